The molecule has 0 bridgehead atoms. The predicted octanol–water partition coefficient (Wildman–Crippen LogP) is 4.22. The zero-order valence-corrected chi connectivity index (χ0v) is 12.1. The normalized spacial score (nSPS) is 9.85. The number of hydrogen-bond acceptors (Lipinski definition) is 4. The number of nitrogens with zero attached hydrogens (tertiary/aromatic N) is 2. The van der Waals surface area contributed by atoms with Crippen LogP contribution >= 0.6 is 34.8 Å². The second kappa shape index (κ2) is 6.07. The van der Waals surface area contributed by atoms with Crippen molar-refractivity contribution in [3.05, 3.63) is 32.9 Å². The Morgan fingerprint density at radius 3 is 2.75 bits per heavy atom. The third-order valence-corrected chi connectivity index (χ3v) is 3.33. The number of hydrogen-bond donors (Lipinski definition) is 1. The van der Waals surface area contributed by atoms with Crippen LogP contribution < -0.4 is 5.32 Å². The molecule has 0 saturated carbocycles. The molecule has 0 atom stereocenters. The third kappa shape index (κ3) is 2.84. The van der Waals surface area contributed by atoms with Crippen LogP contribution in [0.3, 0.4) is 0 Å². The van der Waals surface area contributed by atoms with Gasteiger partial charge in [-0.1, -0.05) is 40.7 Å². The standard InChI is InChI=1S/C13H6Cl3N3O/c1-2-3-18-13-10(6-17)19-12(20-13)8-4-7(14)5-9(15)11(8)16/h1,4-5,18H,3H2. The smallest absolute Gasteiger partial charge is 0.233 e. The fourth-order valence-corrected chi connectivity index (χ4v) is 2.16. The zero-order chi connectivity index (χ0) is 14.7. The van der Waals surface area contributed by atoms with E-state index in [0.29, 0.717) is 10.6 Å². The average molecular weight is 327 g/mol. The van der Waals surface area contributed by atoms with Gasteiger partial charge in [-0.25, -0.2) is 0 Å². The molecular weight excluding hydrogens is 321 g/mol. The minimum absolute atomic E-state index is 0.0717. The minimum atomic E-state index is 0.0717. The molecule has 2 rings (SSSR count). The van der Waals surface area contributed by atoms with Crippen molar-refractivity contribution < 1.29 is 4.42 Å². The van der Waals surface area contributed by atoms with Crippen LogP contribution in [0.5, 0.6) is 0 Å². The number of terminal acetylenes is 1. The van der Waals surface area contributed by atoms with Gasteiger partial charge in [-0.15, -0.1) is 6.42 Å². The summed E-state index contributed by atoms with van der Waals surface area (Å²) in [7, 11) is 0. The van der Waals surface area contributed by atoms with E-state index in [-0.39, 0.29) is 34.1 Å². The van der Waals surface area contributed by atoms with Crippen LogP contribution in [0.4, 0.5) is 5.88 Å². The lowest BCUT2D eigenvalue weighted by Gasteiger charge is -2.03. The monoisotopic (exact) mass is 325 g/mol. The van der Waals surface area contributed by atoms with Crippen molar-refractivity contribution in [1.29, 1.82) is 5.26 Å². The predicted molar refractivity (Wildman–Crippen MR) is 79.0 cm³/mol. The lowest BCUT2D eigenvalue weighted by Crippen LogP contribution is -1.98. The van der Waals surface area contributed by atoms with Crippen molar-refractivity contribution in [2.24, 2.45) is 0 Å². The number of aromatic nitrogens is 1. The van der Waals surface area contributed by atoms with Crippen LogP contribution in [0.1, 0.15) is 5.69 Å². The molecule has 4 nitrogen and oxygen atoms in total. The number of oxazole rings is 1. The number of anilines is 1. The number of nitriles is 1. The molecule has 0 aliphatic heterocycles. The molecular formula is C13H6Cl3N3O. The molecule has 0 fully saturated rings. The Kier molecular flexibility index (Phi) is 4.42. The molecule has 2 aromatic rings. The SMILES string of the molecule is C#CCNc1oc(-c2cc(Cl)cc(Cl)c2Cl)nc1C#N. The molecule has 0 unspecified atom stereocenters. The van der Waals surface area contributed by atoms with E-state index >= 15 is 0 Å². The largest absolute Gasteiger partial charge is 0.419 e. The quantitative estimate of drug-likeness (QED) is 0.677. The highest BCUT2D eigenvalue weighted by Gasteiger charge is 2.18. The van der Waals surface area contributed by atoms with Crippen molar-refractivity contribution in [2.75, 3.05) is 11.9 Å². The summed E-state index contributed by atoms with van der Waals surface area (Å²) in [6, 6.07) is 4.95. The Balaban J connectivity index is 2.52. The second-order valence-corrected chi connectivity index (χ2v) is 4.84. The third-order valence-electron chi connectivity index (χ3n) is 2.31. The zero-order valence-electron chi connectivity index (χ0n) is 9.88. The van der Waals surface area contributed by atoms with Crippen molar-refractivity contribution >= 4 is 40.7 Å². The summed E-state index contributed by atoms with van der Waals surface area (Å²) in [5, 5.41) is 12.7. The van der Waals surface area contributed by atoms with Crippen LogP contribution in [-0.4, -0.2) is 11.5 Å². The molecule has 0 aliphatic carbocycles. The summed E-state index contributed by atoms with van der Waals surface area (Å²) in [6.07, 6.45) is 5.14. The Labute approximate surface area is 130 Å². The van der Waals surface area contributed by atoms with E-state index in [1.54, 1.807) is 6.07 Å². The number of rotatable bonds is 3. The van der Waals surface area contributed by atoms with E-state index < -0.39 is 0 Å². The molecule has 1 heterocycles. The van der Waals surface area contributed by atoms with Crippen molar-refractivity contribution in [3.63, 3.8) is 0 Å². The van der Waals surface area contributed by atoms with E-state index in [1.165, 1.54) is 6.07 Å². The van der Waals surface area contributed by atoms with Crippen molar-refractivity contribution in [2.45, 2.75) is 0 Å². The van der Waals surface area contributed by atoms with Gasteiger partial charge in [-0.3, -0.25) is 0 Å². The van der Waals surface area contributed by atoms with Crippen LogP contribution in [0, 0.1) is 23.7 Å². The summed E-state index contributed by atoms with van der Waals surface area (Å²) < 4.78 is 5.44. The Morgan fingerprint density at radius 1 is 1.35 bits per heavy atom. The maximum Gasteiger partial charge on any atom is 0.233 e. The highest BCUT2D eigenvalue weighted by molar-refractivity contribution is 6.44. The molecule has 1 aromatic carbocycles. The van der Waals surface area contributed by atoms with E-state index in [2.05, 4.69) is 16.2 Å². The topological polar surface area (TPSA) is 61.9 Å². The lowest BCUT2D eigenvalue weighted by atomic mass is 10.2. The first kappa shape index (κ1) is 14.6. The first-order chi connectivity index (χ1) is 9.56. The Bertz CT molecular complexity index is 741. The first-order valence-electron chi connectivity index (χ1n) is 5.30. The fourth-order valence-electron chi connectivity index (χ4n) is 1.47. The molecule has 0 radical (unpaired) electrons. The molecule has 0 saturated heterocycles. The second-order valence-electron chi connectivity index (χ2n) is 3.62. The fraction of sp³-hybridized carbons (Fsp3) is 0.0769. The van der Waals surface area contributed by atoms with E-state index in [9.17, 15) is 0 Å². The van der Waals surface area contributed by atoms with Gasteiger partial charge in [-0.05, 0) is 12.1 Å². The van der Waals surface area contributed by atoms with E-state index in [1.807, 2.05) is 6.07 Å². The van der Waals surface area contributed by atoms with Crippen molar-refractivity contribution in [3.8, 4) is 29.9 Å². The van der Waals surface area contributed by atoms with E-state index in [4.69, 9.17) is 50.9 Å². The molecule has 20 heavy (non-hydrogen) atoms. The average Bonchev–Trinajstić information content (AvgIpc) is 2.83. The molecule has 1 aromatic heterocycles. The summed E-state index contributed by atoms with van der Waals surface area (Å²) >= 11 is 17.9. The van der Waals surface area contributed by atoms with Gasteiger partial charge in [0.2, 0.25) is 17.5 Å². The van der Waals surface area contributed by atoms with Gasteiger partial charge >= 0.3 is 0 Å². The summed E-state index contributed by atoms with van der Waals surface area (Å²) in [6.45, 7) is 0.202. The molecule has 0 spiro atoms. The lowest BCUT2D eigenvalue weighted by molar-refractivity contribution is 0.588. The first-order valence-corrected chi connectivity index (χ1v) is 6.43. The highest BCUT2D eigenvalue weighted by atomic mass is 35.5. The van der Waals surface area contributed by atoms with Gasteiger partial charge in [0.05, 0.1) is 22.2 Å². The summed E-state index contributed by atoms with van der Waals surface area (Å²) in [5.74, 6) is 2.68. The van der Waals surface area contributed by atoms with Gasteiger partial charge in [0.15, 0.2) is 0 Å². The van der Waals surface area contributed by atoms with Gasteiger partial charge in [0.1, 0.15) is 6.07 Å². The van der Waals surface area contributed by atoms with Crippen molar-refractivity contribution in [1.82, 2.24) is 4.98 Å². The number of nitrogens with one attached hydrogen (secondary N) is 1. The van der Waals surface area contributed by atoms with Gasteiger partial charge in [0, 0.05) is 5.02 Å². The van der Waals surface area contributed by atoms with E-state index in [0.717, 1.165) is 0 Å². The minimum Gasteiger partial charge on any atom is -0.419 e. The molecule has 0 aliphatic rings. The highest BCUT2D eigenvalue weighted by Crippen LogP contribution is 2.37. The van der Waals surface area contributed by atoms with Gasteiger partial charge in [-0.2, -0.15) is 10.2 Å². The molecule has 7 heteroatoms. The maximum atomic E-state index is 9.01. The Hall–Kier alpha value is -1.85. The van der Waals surface area contributed by atoms with Crippen LogP contribution in [0.2, 0.25) is 15.1 Å². The summed E-state index contributed by atoms with van der Waals surface area (Å²) in [5.41, 5.74) is 0.469. The molecule has 0 amide bonds. The molecule has 1 N–H and O–H groups in total. The number of benzene rings is 1. The maximum absolute atomic E-state index is 9.01. The van der Waals surface area contributed by atoms with Crippen LogP contribution in [0.15, 0.2) is 16.5 Å². The number of halogens is 3. The summed E-state index contributed by atoms with van der Waals surface area (Å²) in [4.78, 5) is 4.03. The van der Waals surface area contributed by atoms with Gasteiger partial charge in [0.25, 0.3) is 0 Å². The van der Waals surface area contributed by atoms with Crippen LogP contribution in [-0.2, 0) is 0 Å². The van der Waals surface area contributed by atoms with Gasteiger partial charge < -0.3 is 9.73 Å². The molecule has 100 valence electrons. The Morgan fingerprint density at radius 2 is 2.10 bits per heavy atom. The van der Waals surface area contributed by atoms with Crippen LogP contribution in [0.25, 0.3) is 11.5 Å².